The van der Waals surface area contributed by atoms with E-state index in [2.05, 4.69) is 170 Å². The molecule has 0 amide bonds. The van der Waals surface area contributed by atoms with Crippen molar-refractivity contribution in [2.45, 2.75) is 0 Å². The number of hydrogen-bond donors (Lipinski definition) is 0. The lowest BCUT2D eigenvalue weighted by Crippen LogP contribution is -2.01. The predicted octanol–water partition coefficient (Wildman–Crippen LogP) is 13.3. The molecule has 0 aliphatic carbocycles. The molecule has 4 nitrogen and oxygen atoms in total. The van der Waals surface area contributed by atoms with Crippen LogP contribution >= 0.6 is 7.14 Å². The normalized spacial score (nSPS) is 11.8. The van der Waals surface area contributed by atoms with Crippen LogP contribution in [0.3, 0.4) is 0 Å². The Morgan fingerprint density at radius 1 is 0.421 bits per heavy atom. The molecule has 0 saturated carbocycles. The number of aromatic nitrogens is 3. The summed E-state index contributed by atoms with van der Waals surface area (Å²) < 4.78 is 14.8. The molecule has 8 aromatic carbocycles. The molecular formula is C52H38N3OP. The molecule has 0 N–H and O–H groups in total. The van der Waals surface area contributed by atoms with E-state index in [1.54, 1.807) is 0 Å². The molecule has 10 aromatic rings. The number of nitrogens with zero attached hydrogens (tertiary/aromatic N) is 3. The topological polar surface area (TPSA) is 47.3 Å². The summed E-state index contributed by atoms with van der Waals surface area (Å²) in [5.74, 6) is 0.677. The molecule has 0 saturated heterocycles. The van der Waals surface area contributed by atoms with Crippen LogP contribution in [0.4, 0.5) is 0 Å². The fraction of sp³-hybridized carbons (Fsp3) is 0.0385. The predicted molar refractivity (Wildman–Crippen MR) is 240 cm³/mol. The van der Waals surface area contributed by atoms with Crippen LogP contribution in [0.1, 0.15) is 0 Å². The fourth-order valence-electron chi connectivity index (χ4n) is 8.16. The summed E-state index contributed by atoms with van der Waals surface area (Å²) >= 11 is 0. The zero-order valence-corrected chi connectivity index (χ0v) is 32.6. The minimum absolute atomic E-state index is 0.677. The second-order valence-electron chi connectivity index (χ2n) is 15.0. The quantitative estimate of drug-likeness (QED) is 0.120. The highest BCUT2D eigenvalue weighted by Gasteiger charge is 2.19. The van der Waals surface area contributed by atoms with Crippen molar-refractivity contribution in [3.8, 4) is 67.0 Å². The Labute approximate surface area is 332 Å². The van der Waals surface area contributed by atoms with Crippen LogP contribution in [0, 0.1) is 0 Å². The number of rotatable bonds is 7. The van der Waals surface area contributed by atoms with E-state index >= 15 is 0 Å². The highest BCUT2D eigenvalue weighted by Crippen LogP contribution is 2.45. The van der Waals surface area contributed by atoms with Crippen molar-refractivity contribution < 1.29 is 4.57 Å². The van der Waals surface area contributed by atoms with Gasteiger partial charge in [-0.15, -0.1) is 5.10 Å². The smallest absolute Gasteiger partial charge is 0.182 e. The van der Waals surface area contributed by atoms with Crippen LogP contribution < -0.4 is 5.30 Å². The molecule has 2 heterocycles. The van der Waals surface area contributed by atoms with Gasteiger partial charge in [-0.2, -0.15) is 0 Å². The van der Waals surface area contributed by atoms with Crippen LogP contribution in [-0.4, -0.2) is 27.9 Å². The summed E-state index contributed by atoms with van der Waals surface area (Å²) in [5, 5.41) is 10.7. The van der Waals surface area contributed by atoms with Gasteiger partial charge in [-0.25, -0.2) is 9.50 Å². The summed E-state index contributed by atoms with van der Waals surface area (Å²) in [6.45, 7) is 3.65. The van der Waals surface area contributed by atoms with E-state index in [-0.39, 0.29) is 0 Å². The highest BCUT2D eigenvalue weighted by atomic mass is 31.2. The molecule has 0 atom stereocenters. The Hall–Kier alpha value is -6.87. The maximum Gasteiger partial charge on any atom is 0.182 e. The molecule has 0 aliphatic heterocycles. The molecule has 10 rings (SSSR count). The molecule has 2 aromatic heterocycles. The first-order chi connectivity index (χ1) is 27.9. The van der Waals surface area contributed by atoms with Gasteiger partial charge < -0.3 is 4.57 Å². The molecule has 0 unspecified atom stereocenters. The summed E-state index contributed by atoms with van der Waals surface area (Å²) in [6, 6.07) is 66.1. The number of pyridine rings is 1. The van der Waals surface area contributed by atoms with E-state index < -0.39 is 7.14 Å². The zero-order valence-electron chi connectivity index (χ0n) is 31.7. The molecule has 272 valence electrons. The summed E-state index contributed by atoms with van der Waals surface area (Å²) in [7, 11) is -2.37. The van der Waals surface area contributed by atoms with Gasteiger partial charge in [-0.1, -0.05) is 170 Å². The Morgan fingerprint density at radius 2 is 0.895 bits per heavy atom. The van der Waals surface area contributed by atoms with Gasteiger partial charge in [0.2, 0.25) is 0 Å². The third-order valence-corrected chi connectivity index (χ3v) is 12.5. The van der Waals surface area contributed by atoms with Crippen molar-refractivity contribution in [3.05, 3.63) is 194 Å². The second-order valence-corrected chi connectivity index (χ2v) is 18.2. The molecule has 0 bridgehead atoms. The summed E-state index contributed by atoms with van der Waals surface area (Å²) in [4.78, 5) is 5.15. The monoisotopic (exact) mass is 751 g/mol. The van der Waals surface area contributed by atoms with Crippen LogP contribution in [-0.2, 0) is 4.57 Å². The van der Waals surface area contributed by atoms with Crippen LogP contribution in [0.5, 0.6) is 0 Å². The van der Waals surface area contributed by atoms with Gasteiger partial charge in [0.25, 0.3) is 0 Å². The third kappa shape index (κ3) is 6.35. The zero-order chi connectivity index (χ0) is 38.5. The number of benzene rings is 8. The number of fused-ring (bicyclic) bond motifs is 3. The Bertz CT molecular complexity index is 3110. The minimum Gasteiger partial charge on any atom is -0.319 e. The first-order valence-electron chi connectivity index (χ1n) is 19.2. The highest BCUT2D eigenvalue weighted by molar-refractivity contribution is 7.70. The van der Waals surface area contributed by atoms with Gasteiger partial charge in [0.1, 0.15) is 7.14 Å². The first-order valence-corrected chi connectivity index (χ1v) is 21.8. The van der Waals surface area contributed by atoms with Crippen molar-refractivity contribution >= 4 is 39.6 Å². The van der Waals surface area contributed by atoms with E-state index in [0.29, 0.717) is 5.82 Å². The van der Waals surface area contributed by atoms with Gasteiger partial charge in [0, 0.05) is 28.2 Å². The average molecular weight is 752 g/mol. The first kappa shape index (κ1) is 34.6. The molecule has 5 heteroatoms. The van der Waals surface area contributed by atoms with E-state index in [1.807, 2.05) is 42.1 Å². The van der Waals surface area contributed by atoms with Gasteiger partial charge in [0.05, 0.1) is 0 Å². The van der Waals surface area contributed by atoms with E-state index in [9.17, 15) is 4.57 Å². The van der Waals surface area contributed by atoms with E-state index in [0.717, 1.165) is 61.0 Å². The van der Waals surface area contributed by atoms with Crippen molar-refractivity contribution in [2.75, 3.05) is 13.3 Å². The Balaban J connectivity index is 1.08. The van der Waals surface area contributed by atoms with Gasteiger partial charge in [-0.3, -0.25) is 0 Å². The summed E-state index contributed by atoms with van der Waals surface area (Å²) in [5.41, 5.74) is 13.0. The van der Waals surface area contributed by atoms with Crippen LogP contribution in [0.25, 0.3) is 94.2 Å². The maximum atomic E-state index is 12.9. The molecule has 0 fully saturated rings. The van der Waals surface area contributed by atoms with Crippen molar-refractivity contribution in [1.29, 1.82) is 0 Å². The summed E-state index contributed by atoms with van der Waals surface area (Å²) in [6.07, 6.45) is 2.07. The lowest BCUT2D eigenvalue weighted by molar-refractivity contribution is 0.588. The lowest BCUT2D eigenvalue weighted by atomic mass is 9.85. The van der Waals surface area contributed by atoms with Gasteiger partial charge >= 0.3 is 0 Å². The molecule has 0 spiro atoms. The average Bonchev–Trinajstić information content (AvgIpc) is 3.70. The largest absolute Gasteiger partial charge is 0.319 e. The van der Waals surface area contributed by atoms with Crippen molar-refractivity contribution in [3.63, 3.8) is 0 Å². The molecule has 57 heavy (non-hydrogen) atoms. The minimum atomic E-state index is -2.37. The lowest BCUT2D eigenvalue weighted by Gasteiger charge is -2.18. The van der Waals surface area contributed by atoms with E-state index in [1.165, 1.54) is 32.7 Å². The molecule has 0 radical (unpaired) electrons. The Morgan fingerprint density at radius 3 is 1.47 bits per heavy atom. The van der Waals surface area contributed by atoms with Crippen LogP contribution in [0.2, 0.25) is 0 Å². The van der Waals surface area contributed by atoms with Gasteiger partial charge in [-0.05, 0) is 97.6 Å². The standard InChI is InChI=1S/C52H38N3OP/c1-57(2,56)43-29-27-37(28-30-43)49-44-23-9-11-25-46(44)50(47-26-12-10-24-45(47)49)40-21-13-19-38(31-40)39-20-14-22-41(32-39)51-53-52-48(36-17-7-4-8-18-36)33-42(34-55(52)54-51)35-15-5-3-6-16-35/h3-34H,1-2H3. The van der Waals surface area contributed by atoms with Crippen molar-refractivity contribution in [2.24, 2.45) is 0 Å². The fourth-order valence-corrected chi connectivity index (χ4v) is 9.02. The second kappa shape index (κ2) is 14.0. The number of hydrogen-bond acceptors (Lipinski definition) is 3. The van der Waals surface area contributed by atoms with Crippen LogP contribution in [0.15, 0.2) is 194 Å². The maximum absolute atomic E-state index is 12.9. The Kier molecular flexibility index (Phi) is 8.51. The molecule has 0 aliphatic rings. The van der Waals surface area contributed by atoms with Gasteiger partial charge in [0.15, 0.2) is 11.5 Å². The SMILES string of the molecule is CP(C)(=O)c1ccc(-c2c3ccccc3c(-c3cccc(-c4cccc(-c5nc6c(-c7ccccc7)cc(-c7ccccc7)cn6n5)c4)c3)c3ccccc23)cc1. The van der Waals surface area contributed by atoms with E-state index in [4.69, 9.17) is 10.1 Å². The third-order valence-electron chi connectivity index (χ3n) is 10.9. The molecular weight excluding hydrogens is 714 g/mol. The van der Waals surface area contributed by atoms with Crippen molar-refractivity contribution in [1.82, 2.24) is 14.6 Å².